The van der Waals surface area contributed by atoms with Crippen molar-refractivity contribution < 1.29 is 18.9 Å². The maximum absolute atomic E-state index is 5.92. The Balaban J connectivity index is 1.56. The molecule has 0 aromatic heterocycles. The molecule has 156 valence electrons. The van der Waals surface area contributed by atoms with Crippen LogP contribution in [0.25, 0.3) is 11.8 Å². The second-order valence-electron chi connectivity index (χ2n) is 8.63. The number of methoxy groups -OCH3 is 2. The smallest absolute Gasteiger partial charge is 0.231 e. The van der Waals surface area contributed by atoms with E-state index >= 15 is 0 Å². The highest BCUT2D eigenvalue weighted by Crippen LogP contribution is 2.54. The summed E-state index contributed by atoms with van der Waals surface area (Å²) in [4.78, 5) is 2.62. The third-order valence-corrected chi connectivity index (χ3v) is 7.19. The fourth-order valence-corrected chi connectivity index (χ4v) is 5.86. The Morgan fingerprint density at radius 1 is 1.00 bits per heavy atom. The first-order valence-corrected chi connectivity index (χ1v) is 10.9. The predicted octanol–water partition coefficient (Wildman–Crippen LogP) is 5.03. The molecule has 2 aromatic rings. The summed E-state index contributed by atoms with van der Waals surface area (Å²) in [5.41, 5.74) is 6.44. The average molecular weight is 405 g/mol. The Morgan fingerprint density at radius 2 is 1.80 bits per heavy atom. The van der Waals surface area contributed by atoms with Gasteiger partial charge in [0.2, 0.25) is 6.79 Å². The van der Waals surface area contributed by atoms with E-state index in [1.165, 1.54) is 53.6 Å². The first-order valence-electron chi connectivity index (χ1n) is 10.9. The quantitative estimate of drug-likeness (QED) is 0.716. The number of rotatable bonds is 3. The van der Waals surface area contributed by atoms with E-state index in [1.807, 2.05) is 6.07 Å². The molecule has 1 unspecified atom stereocenters. The molecule has 0 amide bonds. The van der Waals surface area contributed by atoms with Crippen molar-refractivity contribution in [3.8, 4) is 23.0 Å². The summed E-state index contributed by atoms with van der Waals surface area (Å²) in [6.45, 7) is 1.31. The molecule has 0 saturated heterocycles. The van der Waals surface area contributed by atoms with Crippen LogP contribution in [0.3, 0.4) is 0 Å². The number of fused-ring (bicyclic) bond motifs is 5. The number of nitrogens with zero attached hydrogens (tertiary/aromatic N) is 1. The van der Waals surface area contributed by atoms with Crippen LogP contribution >= 0.6 is 0 Å². The molecule has 5 nitrogen and oxygen atoms in total. The lowest BCUT2D eigenvalue weighted by molar-refractivity contribution is 0.174. The van der Waals surface area contributed by atoms with E-state index < -0.39 is 0 Å². The standard InChI is InChI=1S/C25H27NO4/c1-27-20-8-7-17-11-19-18-13-22-21(29-14-30-22)12-16(18)9-10-26(19)24(15-5-3-4-6-15)23(17)25(20)28-2/h7-8,11-13,15,24H,3-6,9-10,14H2,1-2H3. The van der Waals surface area contributed by atoms with Crippen molar-refractivity contribution in [1.82, 2.24) is 4.90 Å². The summed E-state index contributed by atoms with van der Waals surface area (Å²) in [5.74, 6) is 4.06. The lowest BCUT2D eigenvalue weighted by Crippen LogP contribution is -2.38. The molecule has 3 heterocycles. The van der Waals surface area contributed by atoms with E-state index in [9.17, 15) is 0 Å². The summed E-state index contributed by atoms with van der Waals surface area (Å²) in [5, 5.41) is 0. The van der Waals surface area contributed by atoms with Gasteiger partial charge in [-0.05, 0) is 60.6 Å². The molecule has 2 aromatic carbocycles. The largest absolute Gasteiger partial charge is 0.493 e. The summed E-state index contributed by atoms with van der Waals surface area (Å²) in [6.07, 6.45) is 8.48. The van der Waals surface area contributed by atoms with Crippen molar-refractivity contribution in [2.24, 2.45) is 5.92 Å². The second-order valence-corrected chi connectivity index (χ2v) is 8.63. The monoisotopic (exact) mass is 405 g/mol. The van der Waals surface area contributed by atoms with Crippen LogP contribution in [-0.4, -0.2) is 32.5 Å². The summed E-state index contributed by atoms with van der Waals surface area (Å²) in [7, 11) is 3.48. The Bertz CT molecular complexity index is 1040. The molecule has 0 N–H and O–H groups in total. The van der Waals surface area contributed by atoms with Gasteiger partial charge >= 0.3 is 0 Å². The molecule has 3 aliphatic heterocycles. The molecule has 1 fully saturated rings. The van der Waals surface area contributed by atoms with Gasteiger partial charge in [0.1, 0.15) is 0 Å². The van der Waals surface area contributed by atoms with Gasteiger partial charge in [-0.3, -0.25) is 0 Å². The Labute approximate surface area is 177 Å². The number of ether oxygens (including phenoxy) is 4. The zero-order valence-corrected chi connectivity index (χ0v) is 17.6. The zero-order chi connectivity index (χ0) is 20.2. The fourth-order valence-electron chi connectivity index (χ4n) is 5.86. The molecule has 1 aliphatic carbocycles. The minimum Gasteiger partial charge on any atom is -0.493 e. The van der Waals surface area contributed by atoms with Crippen molar-refractivity contribution in [2.75, 3.05) is 27.6 Å². The van der Waals surface area contributed by atoms with Gasteiger partial charge in [-0.2, -0.15) is 0 Å². The highest BCUT2D eigenvalue weighted by molar-refractivity contribution is 5.88. The predicted molar refractivity (Wildman–Crippen MR) is 115 cm³/mol. The summed E-state index contributed by atoms with van der Waals surface area (Å²) in [6, 6.07) is 8.87. The molecule has 0 radical (unpaired) electrons. The van der Waals surface area contributed by atoms with Crippen molar-refractivity contribution in [2.45, 2.75) is 38.1 Å². The summed E-state index contributed by atoms with van der Waals surface area (Å²) < 4.78 is 22.9. The van der Waals surface area contributed by atoms with E-state index in [4.69, 9.17) is 18.9 Å². The van der Waals surface area contributed by atoms with Crippen LogP contribution < -0.4 is 18.9 Å². The third-order valence-electron chi connectivity index (χ3n) is 7.19. The van der Waals surface area contributed by atoms with Crippen molar-refractivity contribution in [3.05, 3.63) is 46.5 Å². The van der Waals surface area contributed by atoms with Crippen LogP contribution in [0.4, 0.5) is 0 Å². The molecule has 4 aliphatic rings. The topological polar surface area (TPSA) is 40.2 Å². The molecule has 0 bridgehead atoms. The van der Waals surface area contributed by atoms with E-state index in [-0.39, 0.29) is 0 Å². The molecule has 6 rings (SSSR count). The van der Waals surface area contributed by atoms with Gasteiger partial charge in [0.05, 0.1) is 20.3 Å². The third kappa shape index (κ3) is 2.54. The van der Waals surface area contributed by atoms with Gasteiger partial charge in [0, 0.05) is 23.4 Å². The number of hydrogen-bond acceptors (Lipinski definition) is 5. The van der Waals surface area contributed by atoms with E-state index in [0.717, 1.165) is 36.0 Å². The van der Waals surface area contributed by atoms with Gasteiger partial charge in [-0.25, -0.2) is 0 Å². The minimum absolute atomic E-state index is 0.311. The Hall–Kier alpha value is -2.82. The lowest BCUT2D eigenvalue weighted by Gasteiger charge is -2.46. The molecule has 1 atom stereocenters. The first-order chi connectivity index (χ1) is 14.8. The summed E-state index contributed by atoms with van der Waals surface area (Å²) >= 11 is 0. The fraction of sp³-hybridized carbons (Fsp3) is 0.440. The van der Waals surface area contributed by atoms with Crippen LogP contribution in [0.2, 0.25) is 0 Å². The van der Waals surface area contributed by atoms with Gasteiger partial charge in [0.15, 0.2) is 23.0 Å². The van der Waals surface area contributed by atoms with Crippen LogP contribution in [0.1, 0.15) is 54.0 Å². The van der Waals surface area contributed by atoms with Crippen LogP contribution in [0.5, 0.6) is 23.0 Å². The second kappa shape index (κ2) is 6.86. The molecule has 5 heteroatoms. The van der Waals surface area contributed by atoms with Crippen molar-refractivity contribution in [1.29, 1.82) is 0 Å². The van der Waals surface area contributed by atoms with Gasteiger partial charge in [0.25, 0.3) is 0 Å². The van der Waals surface area contributed by atoms with E-state index in [1.54, 1.807) is 14.2 Å². The lowest BCUT2D eigenvalue weighted by atomic mass is 9.80. The first kappa shape index (κ1) is 18.0. The van der Waals surface area contributed by atoms with Crippen LogP contribution in [0.15, 0.2) is 24.3 Å². The van der Waals surface area contributed by atoms with E-state index in [2.05, 4.69) is 29.2 Å². The maximum atomic E-state index is 5.92. The Kier molecular flexibility index (Phi) is 4.12. The van der Waals surface area contributed by atoms with Crippen LogP contribution in [-0.2, 0) is 6.42 Å². The molecule has 30 heavy (non-hydrogen) atoms. The van der Waals surface area contributed by atoms with Gasteiger partial charge in [-0.1, -0.05) is 18.9 Å². The SMILES string of the molecule is COc1ccc2c(c1OC)C(C1CCCC1)N1CCc3cc4c(cc3C1=C2)OCO4. The molecular weight excluding hydrogens is 378 g/mol. The highest BCUT2D eigenvalue weighted by atomic mass is 16.7. The minimum atomic E-state index is 0.311. The normalized spacial score (nSPS) is 21.6. The van der Waals surface area contributed by atoms with Gasteiger partial charge < -0.3 is 23.8 Å². The highest BCUT2D eigenvalue weighted by Gasteiger charge is 2.41. The van der Waals surface area contributed by atoms with E-state index in [0.29, 0.717) is 18.8 Å². The van der Waals surface area contributed by atoms with Crippen molar-refractivity contribution >= 4 is 11.8 Å². The molecular formula is C25H27NO4. The Morgan fingerprint density at radius 3 is 2.57 bits per heavy atom. The van der Waals surface area contributed by atoms with Gasteiger partial charge in [-0.15, -0.1) is 0 Å². The van der Waals surface area contributed by atoms with Crippen LogP contribution in [0, 0.1) is 5.92 Å². The zero-order valence-electron chi connectivity index (χ0n) is 17.6. The number of benzene rings is 2. The molecule has 1 saturated carbocycles. The van der Waals surface area contributed by atoms with Crippen molar-refractivity contribution in [3.63, 3.8) is 0 Å². The number of hydrogen-bond donors (Lipinski definition) is 0. The maximum Gasteiger partial charge on any atom is 0.231 e. The molecule has 0 spiro atoms. The average Bonchev–Trinajstić information content (AvgIpc) is 3.47.